The summed E-state index contributed by atoms with van der Waals surface area (Å²) in [5.41, 5.74) is 1.72. The van der Waals surface area contributed by atoms with E-state index in [1.54, 1.807) is 31.5 Å². The minimum Gasteiger partial charge on any atom is -0.497 e. The molecule has 138 valence electrons. The van der Waals surface area contributed by atoms with E-state index in [9.17, 15) is 9.59 Å². The lowest BCUT2D eigenvalue weighted by molar-refractivity contribution is 0.415. The van der Waals surface area contributed by atoms with Crippen molar-refractivity contribution in [3.63, 3.8) is 0 Å². The molecular weight excluding hydrogens is 362 g/mol. The molecule has 9 heteroatoms. The van der Waals surface area contributed by atoms with Crippen LogP contribution in [-0.2, 0) is 0 Å². The molecule has 0 radical (unpaired) electrons. The average Bonchev–Trinajstić information content (AvgIpc) is 3.19. The van der Waals surface area contributed by atoms with Gasteiger partial charge in [-0.05, 0) is 36.4 Å². The number of pyridine rings is 1. The fraction of sp³-hybridized carbons (Fsp3) is 0.0526. The molecule has 0 unspecified atom stereocenters. The Morgan fingerprint density at radius 1 is 1.07 bits per heavy atom. The van der Waals surface area contributed by atoms with Gasteiger partial charge in [0.1, 0.15) is 11.3 Å². The minimum atomic E-state index is -0.789. The van der Waals surface area contributed by atoms with Crippen LogP contribution in [0, 0.1) is 0 Å². The van der Waals surface area contributed by atoms with E-state index in [0.29, 0.717) is 22.5 Å². The van der Waals surface area contributed by atoms with Gasteiger partial charge in [-0.3, -0.25) is 10.1 Å². The third kappa shape index (κ3) is 2.49. The third-order valence-electron chi connectivity index (χ3n) is 4.52. The van der Waals surface area contributed by atoms with Gasteiger partial charge in [0.2, 0.25) is 0 Å². The van der Waals surface area contributed by atoms with Crippen molar-refractivity contribution in [1.29, 1.82) is 0 Å². The summed E-state index contributed by atoms with van der Waals surface area (Å²) in [6, 6.07) is 10.6. The summed E-state index contributed by atoms with van der Waals surface area (Å²) in [5, 5.41) is 12.4. The van der Waals surface area contributed by atoms with Gasteiger partial charge in [0.15, 0.2) is 5.82 Å². The van der Waals surface area contributed by atoms with Crippen molar-refractivity contribution >= 4 is 44.2 Å². The second-order valence-corrected chi connectivity index (χ2v) is 6.18. The lowest BCUT2D eigenvalue weighted by Crippen LogP contribution is -2.14. The molecule has 3 heterocycles. The fourth-order valence-corrected chi connectivity index (χ4v) is 3.20. The normalized spacial score (nSPS) is 11.3. The number of aromatic amines is 2. The first kappa shape index (κ1) is 16.1. The highest BCUT2D eigenvalue weighted by Gasteiger charge is 2.13. The maximum atomic E-state index is 12.0. The first-order valence-electron chi connectivity index (χ1n) is 8.38. The number of fused-ring (bicyclic) bond motifs is 4. The molecule has 0 aliphatic carbocycles. The van der Waals surface area contributed by atoms with E-state index in [1.807, 2.05) is 18.2 Å². The van der Waals surface area contributed by atoms with Crippen molar-refractivity contribution < 1.29 is 9.15 Å². The zero-order valence-corrected chi connectivity index (χ0v) is 14.6. The number of hydrogen-bond acceptors (Lipinski definition) is 7. The van der Waals surface area contributed by atoms with Gasteiger partial charge in [-0.1, -0.05) is 0 Å². The largest absolute Gasteiger partial charge is 0.497 e. The first-order valence-corrected chi connectivity index (χ1v) is 8.38. The van der Waals surface area contributed by atoms with Crippen molar-refractivity contribution in [2.24, 2.45) is 0 Å². The molecule has 0 bridgehead atoms. The van der Waals surface area contributed by atoms with Gasteiger partial charge in [-0.15, -0.1) is 0 Å². The molecular formula is C19H13N5O4. The molecule has 2 aromatic carbocycles. The third-order valence-corrected chi connectivity index (χ3v) is 4.52. The molecule has 0 atom stereocenters. The summed E-state index contributed by atoms with van der Waals surface area (Å²) < 4.78 is 9.89. The Kier molecular flexibility index (Phi) is 3.41. The molecule has 0 saturated carbocycles. The number of anilines is 2. The van der Waals surface area contributed by atoms with Gasteiger partial charge in [-0.25, -0.2) is 14.6 Å². The predicted molar refractivity (Wildman–Crippen MR) is 104 cm³/mol. The molecule has 0 amide bonds. The number of ether oxygens (including phenoxy) is 1. The Hall–Kier alpha value is -4.14. The van der Waals surface area contributed by atoms with Crippen molar-refractivity contribution in [2.75, 3.05) is 12.4 Å². The Morgan fingerprint density at radius 3 is 2.82 bits per heavy atom. The van der Waals surface area contributed by atoms with E-state index in [-0.39, 0.29) is 5.39 Å². The molecule has 5 rings (SSSR count). The summed E-state index contributed by atoms with van der Waals surface area (Å²) in [4.78, 5) is 30.4. The molecule has 0 aliphatic heterocycles. The van der Waals surface area contributed by atoms with E-state index < -0.39 is 11.4 Å². The number of methoxy groups -OCH3 is 1. The molecule has 0 fully saturated rings. The van der Waals surface area contributed by atoms with Crippen LogP contribution < -0.4 is 21.4 Å². The predicted octanol–water partition coefficient (Wildman–Crippen LogP) is 2.66. The quantitative estimate of drug-likeness (QED) is 0.442. The summed E-state index contributed by atoms with van der Waals surface area (Å²) in [7, 11) is 1.61. The highest BCUT2D eigenvalue weighted by atomic mass is 16.5. The molecule has 3 N–H and O–H groups in total. The number of aromatic nitrogens is 4. The Morgan fingerprint density at radius 2 is 1.96 bits per heavy atom. The number of benzene rings is 2. The van der Waals surface area contributed by atoms with E-state index in [0.717, 1.165) is 22.0 Å². The number of H-pyrrole nitrogens is 2. The van der Waals surface area contributed by atoms with Gasteiger partial charge in [0, 0.05) is 22.7 Å². The van der Waals surface area contributed by atoms with Gasteiger partial charge < -0.3 is 14.5 Å². The number of hydrogen-bond donors (Lipinski definition) is 3. The summed E-state index contributed by atoms with van der Waals surface area (Å²) in [6.07, 6.45) is 1.80. The van der Waals surface area contributed by atoms with Crippen LogP contribution in [0.25, 0.3) is 32.7 Å². The Labute approximate surface area is 156 Å². The highest BCUT2D eigenvalue weighted by molar-refractivity contribution is 6.09. The zero-order valence-electron chi connectivity index (χ0n) is 14.6. The molecule has 0 spiro atoms. The molecule has 5 aromatic rings. The summed E-state index contributed by atoms with van der Waals surface area (Å²) in [5.74, 6) is 0.470. The zero-order chi connectivity index (χ0) is 19.3. The average molecular weight is 375 g/mol. The maximum absolute atomic E-state index is 12.0. The molecule has 0 aliphatic rings. The fourth-order valence-electron chi connectivity index (χ4n) is 3.20. The van der Waals surface area contributed by atoms with Crippen molar-refractivity contribution in [3.05, 3.63) is 63.6 Å². The molecule has 3 aromatic heterocycles. The van der Waals surface area contributed by atoms with Gasteiger partial charge in [0.25, 0.3) is 0 Å². The summed E-state index contributed by atoms with van der Waals surface area (Å²) >= 11 is 0. The molecule has 0 saturated heterocycles. The smallest absolute Gasteiger partial charge is 0.419 e. The number of rotatable bonds is 3. The van der Waals surface area contributed by atoms with Crippen LogP contribution in [0.4, 0.5) is 11.5 Å². The van der Waals surface area contributed by atoms with Crippen LogP contribution in [0.1, 0.15) is 0 Å². The lowest BCUT2D eigenvalue weighted by Gasteiger charge is -2.10. The Balaban J connectivity index is 1.67. The second-order valence-electron chi connectivity index (χ2n) is 6.18. The highest BCUT2D eigenvalue weighted by Crippen LogP contribution is 2.31. The number of nitrogens with one attached hydrogen (secondary N) is 3. The van der Waals surface area contributed by atoms with E-state index in [1.165, 1.54) is 0 Å². The van der Waals surface area contributed by atoms with Gasteiger partial charge in [0.05, 0.1) is 23.5 Å². The van der Waals surface area contributed by atoms with Crippen molar-refractivity contribution in [1.82, 2.24) is 20.2 Å². The minimum absolute atomic E-state index is 0.258. The number of nitrogens with zero attached hydrogens (tertiary/aromatic N) is 2. The van der Waals surface area contributed by atoms with Crippen LogP contribution >= 0.6 is 0 Å². The van der Waals surface area contributed by atoms with Crippen LogP contribution in [0.15, 0.2) is 56.6 Å². The van der Waals surface area contributed by atoms with E-state index in [4.69, 9.17) is 4.74 Å². The van der Waals surface area contributed by atoms with E-state index >= 15 is 0 Å². The van der Waals surface area contributed by atoms with Gasteiger partial charge in [-0.2, -0.15) is 5.10 Å². The topological polar surface area (TPSA) is 126 Å². The standard InChI is InChI=1S/C19H13N5O4/c1-27-10-3-5-14-11(7-10)13-8-20-24-16(13)17(22-14)21-9-2-4-15-12(6-9)18(25)28-19(26)23-15/h2-8H,1H3,(H,20,24)(H,21,22)(H,23,26). The van der Waals surface area contributed by atoms with Crippen LogP contribution in [0.2, 0.25) is 0 Å². The maximum Gasteiger partial charge on any atom is 0.419 e. The van der Waals surface area contributed by atoms with E-state index in [2.05, 4.69) is 29.9 Å². The van der Waals surface area contributed by atoms with Crippen LogP contribution in [0.5, 0.6) is 5.75 Å². The second kappa shape index (κ2) is 5.95. The lowest BCUT2D eigenvalue weighted by atomic mass is 10.1. The monoisotopic (exact) mass is 375 g/mol. The van der Waals surface area contributed by atoms with Crippen molar-refractivity contribution in [3.8, 4) is 5.75 Å². The SMILES string of the molecule is COc1ccc2nc(Nc3ccc4[nH]c(=O)oc(=O)c4c3)c3n[nH]cc3c2c1. The molecule has 9 nitrogen and oxygen atoms in total. The summed E-state index contributed by atoms with van der Waals surface area (Å²) in [6.45, 7) is 0. The first-order chi connectivity index (χ1) is 13.6. The Bertz CT molecular complexity index is 1480. The van der Waals surface area contributed by atoms with Gasteiger partial charge >= 0.3 is 11.4 Å². The van der Waals surface area contributed by atoms with Crippen molar-refractivity contribution in [2.45, 2.75) is 0 Å². The molecule has 28 heavy (non-hydrogen) atoms. The van der Waals surface area contributed by atoms with Crippen LogP contribution in [-0.4, -0.2) is 27.3 Å². The van der Waals surface area contributed by atoms with Crippen LogP contribution in [0.3, 0.4) is 0 Å².